The summed E-state index contributed by atoms with van der Waals surface area (Å²) < 4.78 is 0. The summed E-state index contributed by atoms with van der Waals surface area (Å²) in [5.74, 6) is 0.341. The lowest BCUT2D eigenvalue weighted by Gasteiger charge is -2.09. The van der Waals surface area contributed by atoms with Crippen LogP contribution in [-0.4, -0.2) is 16.3 Å². The Labute approximate surface area is 85.2 Å². The van der Waals surface area contributed by atoms with Gasteiger partial charge in [0.25, 0.3) is 0 Å². The average Bonchev–Trinajstić information content (AvgIpc) is 2.09. The van der Waals surface area contributed by atoms with E-state index in [0.29, 0.717) is 12.2 Å². The summed E-state index contributed by atoms with van der Waals surface area (Å²) in [6, 6.07) is 3.78. The summed E-state index contributed by atoms with van der Waals surface area (Å²) in [7, 11) is 0. The van der Waals surface area contributed by atoms with Crippen molar-refractivity contribution < 1.29 is 10.2 Å². The van der Waals surface area contributed by atoms with Crippen LogP contribution in [0.15, 0.2) is 12.1 Å². The zero-order valence-corrected chi connectivity index (χ0v) is 9.04. The summed E-state index contributed by atoms with van der Waals surface area (Å²) in [5, 5.41) is 18.8. The van der Waals surface area contributed by atoms with Gasteiger partial charge >= 0.3 is 0 Å². The van der Waals surface area contributed by atoms with Crippen LogP contribution in [0, 0.1) is 13.8 Å². The maximum atomic E-state index is 9.65. The standard InChI is InChI=1S/C12H18O2/c1-8-6-11(5-4-10(3)13)12(14)7-9(8)2/h6-7,10,13-14H,4-5H2,1-3H3. The Morgan fingerprint density at radius 2 is 1.79 bits per heavy atom. The topological polar surface area (TPSA) is 40.5 Å². The van der Waals surface area contributed by atoms with Crippen molar-refractivity contribution in [1.29, 1.82) is 0 Å². The van der Waals surface area contributed by atoms with Gasteiger partial charge < -0.3 is 10.2 Å². The van der Waals surface area contributed by atoms with Gasteiger partial charge in [0, 0.05) is 0 Å². The van der Waals surface area contributed by atoms with Crippen molar-refractivity contribution in [3.63, 3.8) is 0 Å². The van der Waals surface area contributed by atoms with Crippen LogP contribution in [0.4, 0.5) is 0 Å². The summed E-state index contributed by atoms with van der Waals surface area (Å²) in [6.07, 6.45) is 1.11. The number of aliphatic hydroxyl groups is 1. The Kier molecular flexibility index (Phi) is 3.53. The second-order valence-electron chi connectivity index (χ2n) is 3.95. The van der Waals surface area contributed by atoms with E-state index in [1.807, 2.05) is 19.9 Å². The molecule has 0 aliphatic heterocycles. The smallest absolute Gasteiger partial charge is 0.119 e. The van der Waals surface area contributed by atoms with Gasteiger partial charge in [-0.3, -0.25) is 0 Å². The van der Waals surface area contributed by atoms with Gasteiger partial charge in [-0.1, -0.05) is 6.07 Å². The molecule has 78 valence electrons. The van der Waals surface area contributed by atoms with Crippen molar-refractivity contribution in [3.8, 4) is 5.75 Å². The Balaban J connectivity index is 2.82. The molecule has 0 fully saturated rings. The van der Waals surface area contributed by atoms with Crippen LogP contribution in [0.5, 0.6) is 5.75 Å². The molecule has 0 amide bonds. The quantitative estimate of drug-likeness (QED) is 0.775. The number of aliphatic hydroxyl groups excluding tert-OH is 1. The first-order valence-electron chi connectivity index (χ1n) is 4.98. The number of phenolic OH excluding ortho intramolecular Hbond substituents is 1. The molecule has 0 heterocycles. The third-order valence-electron chi connectivity index (χ3n) is 2.53. The second-order valence-corrected chi connectivity index (χ2v) is 3.95. The van der Waals surface area contributed by atoms with Crippen molar-refractivity contribution in [2.75, 3.05) is 0 Å². The van der Waals surface area contributed by atoms with Gasteiger partial charge in [-0.2, -0.15) is 0 Å². The minimum atomic E-state index is -0.309. The predicted molar refractivity (Wildman–Crippen MR) is 57.6 cm³/mol. The molecule has 0 aliphatic carbocycles. The van der Waals surface area contributed by atoms with Crippen LogP contribution in [0.2, 0.25) is 0 Å². The van der Waals surface area contributed by atoms with Crippen molar-refractivity contribution in [2.45, 2.75) is 39.7 Å². The molecule has 1 aromatic carbocycles. The second kappa shape index (κ2) is 4.47. The Hall–Kier alpha value is -1.02. The number of aromatic hydroxyl groups is 1. The third-order valence-corrected chi connectivity index (χ3v) is 2.53. The van der Waals surface area contributed by atoms with Gasteiger partial charge in [0.1, 0.15) is 5.75 Å². The Bertz CT molecular complexity index is 316. The fourth-order valence-electron chi connectivity index (χ4n) is 1.43. The number of rotatable bonds is 3. The molecule has 0 aliphatic rings. The maximum absolute atomic E-state index is 9.65. The molecule has 2 nitrogen and oxygen atoms in total. The van der Waals surface area contributed by atoms with E-state index in [1.54, 1.807) is 13.0 Å². The average molecular weight is 194 g/mol. The summed E-state index contributed by atoms with van der Waals surface area (Å²) in [4.78, 5) is 0. The molecular formula is C12H18O2. The van der Waals surface area contributed by atoms with E-state index in [9.17, 15) is 5.11 Å². The highest BCUT2D eigenvalue weighted by Gasteiger charge is 2.05. The molecule has 0 radical (unpaired) electrons. The highest BCUT2D eigenvalue weighted by atomic mass is 16.3. The lowest BCUT2D eigenvalue weighted by atomic mass is 10.0. The van der Waals surface area contributed by atoms with Crippen molar-refractivity contribution in [1.82, 2.24) is 0 Å². The first-order chi connectivity index (χ1) is 6.50. The fourth-order valence-corrected chi connectivity index (χ4v) is 1.43. The van der Waals surface area contributed by atoms with E-state index in [2.05, 4.69) is 0 Å². The van der Waals surface area contributed by atoms with E-state index in [0.717, 1.165) is 17.5 Å². The Morgan fingerprint density at radius 1 is 1.21 bits per heavy atom. The molecule has 0 bridgehead atoms. The normalized spacial score (nSPS) is 12.9. The van der Waals surface area contributed by atoms with E-state index >= 15 is 0 Å². The first kappa shape index (κ1) is 11.1. The summed E-state index contributed by atoms with van der Waals surface area (Å²) in [6.45, 7) is 5.77. The lowest BCUT2D eigenvalue weighted by molar-refractivity contribution is 0.184. The molecule has 1 aromatic rings. The van der Waals surface area contributed by atoms with Crippen LogP contribution in [-0.2, 0) is 6.42 Å². The Morgan fingerprint density at radius 3 is 2.36 bits per heavy atom. The largest absolute Gasteiger partial charge is 0.508 e. The summed E-state index contributed by atoms with van der Waals surface area (Å²) in [5.41, 5.74) is 3.21. The van der Waals surface area contributed by atoms with Crippen molar-refractivity contribution in [3.05, 3.63) is 28.8 Å². The molecule has 0 spiro atoms. The molecule has 14 heavy (non-hydrogen) atoms. The van der Waals surface area contributed by atoms with Crippen LogP contribution >= 0.6 is 0 Å². The number of benzene rings is 1. The van der Waals surface area contributed by atoms with Gasteiger partial charge in [-0.25, -0.2) is 0 Å². The molecule has 0 saturated heterocycles. The fraction of sp³-hybridized carbons (Fsp3) is 0.500. The molecule has 0 aromatic heterocycles. The van der Waals surface area contributed by atoms with E-state index < -0.39 is 0 Å². The van der Waals surface area contributed by atoms with Crippen LogP contribution in [0.3, 0.4) is 0 Å². The molecule has 1 unspecified atom stereocenters. The third kappa shape index (κ3) is 2.74. The zero-order chi connectivity index (χ0) is 10.7. The number of aryl methyl sites for hydroxylation is 3. The van der Waals surface area contributed by atoms with Gasteiger partial charge in [0.2, 0.25) is 0 Å². The minimum absolute atomic E-state index is 0.309. The molecule has 2 heteroatoms. The molecule has 0 saturated carbocycles. The van der Waals surface area contributed by atoms with Gasteiger partial charge in [0.15, 0.2) is 0 Å². The van der Waals surface area contributed by atoms with Gasteiger partial charge in [-0.05, 0) is 56.4 Å². The van der Waals surface area contributed by atoms with E-state index in [4.69, 9.17) is 5.11 Å². The maximum Gasteiger partial charge on any atom is 0.119 e. The van der Waals surface area contributed by atoms with Crippen molar-refractivity contribution in [2.24, 2.45) is 0 Å². The highest BCUT2D eigenvalue weighted by molar-refractivity contribution is 5.40. The van der Waals surface area contributed by atoms with E-state index in [-0.39, 0.29) is 6.10 Å². The van der Waals surface area contributed by atoms with Crippen LogP contribution in [0.25, 0.3) is 0 Å². The van der Waals surface area contributed by atoms with Crippen LogP contribution < -0.4 is 0 Å². The monoisotopic (exact) mass is 194 g/mol. The highest BCUT2D eigenvalue weighted by Crippen LogP contribution is 2.23. The lowest BCUT2D eigenvalue weighted by Crippen LogP contribution is -2.02. The SMILES string of the molecule is Cc1cc(O)c(CCC(C)O)cc1C. The van der Waals surface area contributed by atoms with Crippen LogP contribution in [0.1, 0.15) is 30.0 Å². The number of phenols is 1. The summed E-state index contributed by atoms with van der Waals surface area (Å²) >= 11 is 0. The van der Waals surface area contributed by atoms with Crippen molar-refractivity contribution >= 4 is 0 Å². The van der Waals surface area contributed by atoms with Gasteiger partial charge in [0.05, 0.1) is 6.10 Å². The predicted octanol–water partition coefficient (Wildman–Crippen LogP) is 2.32. The number of hydrogen-bond donors (Lipinski definition) is 2. The molecule has 2 N–H and O–H groups in total. The molecular weight excluding hydrogens is 176 g/mol. The minimum Gasteiger partial charge on any atom is -0.508 e. The first-order valence-corrected chi connectivity index (χ1v) is 4.98. The van der Waals surface area contributed by atoms with Gasteiger partial charge in [-0.15, -0.1) is 0 Å². The molecule has 1 atom stereocenters. The van der Waals surface area contributed by atoms with E-state index in [1.165, 1.54) is 5.56 Å². The molecule has 1 rings (SSSR count). The zero-order valence-electron chi connectivity index (χ0n) is 9.04. The number of hydrogen-bond acceptors (Lipinski definition) is 2.